The smallest absolute Gasteiger partial charge is 0.274 e. The Morgan fingerprint density at radius 2 is 1.71 bits per heavy atom. The topological polar surface area (TPSA) is 80.3 Å². The van der Waals surface area contributed by atoms with Gasteiger partial charge in [-0.2, -0.15) is 0 Å². The van der Waals surface area contributed by atoms with E-state index in [0.717, 1.165) is 17.0 Å². The average Bonchev–Trinajstić information content (AvgIpc) is 2.71. The fourth-order valence-corrected chi connectivity index (χ4v) is 2.60. The molecule has 142 valence electrons. The number of rotatable bonds is 6. The van der Waals surface area contributed by atoms with Crippen molar-refractivity contribution >= 4 is 23.2 Å². The lowest BCUT2D eigenvalue weighted by Crippen LogP contribution is -2.17. The van der Waals surface area contributed by atoms with Gasteiger partial charge in [0, 0.05) is 23.1 Å². The van der Waals surface area contributed by atoms with Crippen molar-refractivity contribution in [1.82, 2.24) is 4.98 Å². The minimum Gasteiger partial charge on any atom is -0.494 e. The minimum absolute atomic E-state index is 0.159. The van der Waals surface area contributed by atoms with Gasteiger partial charge in [-0.3, -0.25) is 14.6 Å². The second-order valence-corrected chi connectivity index (χ2v) is 6.11. The van der Waals surface area contributed by atoms with Crippen molar-refractivity contribution in [3.63, 3.8) is 0 Å². The molecule has 0 bridgehead atoms. The van der Waals surface area contributed by atoms with Gasteiger partial charge in [0.2, 0.25) is 0 Å². The molecule has 1 heterocycles. The number of pyridine rings is 1. The molecule has 28 heavy (non-hydrogen) atoms. The molecule has 0 saturated heterocycles. The molecule has 0 saturated carbocycles. The molecule has 3 aromatic rings. The summed E-state index contributed by atoms with van der Waals surface area (Å²) in [6.07, 6.45) is 1.44. The van der Waals surface area contributed by atoms with E-state index >= 15 is 0 Å². The van der Waals surface area contributed by atoms with Gasteiger partial charge in [-0.1, -0.05) is 18.2 Å². The first-order valence-corrected chi connectivity index (χ1v) is 8.94. The molecule has 2 amide bonds. The Morgan fingerprint density at radius 1 is 0.964 bits per heavy atom. The molecule has 0 fully saturated rings. The molecular formula is C22H21N3O3. The number of nitrogens with one attached hydrogen (secondary N) is 2. The maximum atomic E-state index is 12.5. The largest absolute Gasteiger partial charge is 0.494 e. The fraction of sp³-hybridized carbons (Fsp3) is 0.136. The van der Waals surface area contributed by atoms with Crippen molar-refractivity contribution in [2.24, 2.45) is 0 Å². The van der Waals surface area contributed by atoms with Gasteiger partial charge in [-0.05, 0) is 61.9 Å². The highest BCUT2D eigenvalue weighted by atomic mass is 16.5. The predicted molar refractivity (Wildman–Crippen MR) is 109 cm³/mol. The second kappa shape index (κ2) is 8.81. The first-order valence-electron chi connectivity index (χ1n) is 8.94. The summed E-state index contributed by atoms with van der Waals surface area (Å²) < 4.78 is 5.38. The molecular weight excluding hydrogens is 354 g/mol. The molecule has 0 radical (unpaired) electrons. The van der Waals surface area contributed by atoms with Crippen molar-refractivity contribution in [3.8, 4) is 5.75 Å². The van der Waals surface area contributed by atoms with Gasteiger partial charge in [0.05, 0.1) is 6.61 Å². The van der Waals surface area contributed by atoms with Crippen LogP contribution in [0.1, 0.15) is 33.3 Å². The monoisotopic (exact) mass is 375 g/mol. The zero-order chi connectivity index (χ0) is 19.9. The molecule has 2 N–H and O–H groups in total. The number of hydrogen-bond acceptors (Lipinski definition) is 4. The third kappa shape index (κ3) is 4.73. The van der Waals surface area contributed by atoms with E-state index in [1.54, 1.807) is 30.3 Å². The highest BCUT2D eigenvalue weighted by Gasteiger charge is 2.13. The lowest BCUT2D eigenvalue weighted by molar-refractivity contribution is 0.102. The first kappa shape index (κ1) is 19.1. The average molecular weight is 375 g/mol. The van der Waals surface area contributed by atoms with Crippen LogP contribution in [-0.2, 0) is 0 Å². The van der Waals surface area contributed by atoms with Crippen LogP contribution in [0.2, 0.25) is 0 Å². The van der Waals surface area contributed by atoms with E-state index in [2.05, 4.69) is 15.6 Å². The number of para-hydroxylation sites is 1. The quantitative estimate of drug-likeness (QED) is 0.673. The number of benzene rings is 2. The van der Waals surface area contributed by atoms with Crippen molar-refractivity contribution in [3.05, 3.63) is 83.7 Å². The van der Waals surface area contributed by atoms with E-state index in [4.69, 9.17) is 4.74 Å². The number of carbonyl (C=O) groups is 2. The van der Waals surface area contributed by atoms with Crippen LogP contribution in [0.3, 0.4) is 0 Å². The number of carbonyl (C=O) groups excluding carboxylic acids is 2. The predicted octanol–water partition coefficient (Wildman–Crippen LogP) is 4.29. The van der Waals surface area contributed by atoms with Gasteiger partial charge in [0.15, 0.2) is 0 Å². The Balaban J connectivity index is 1.70. The van der Waals surface area contributed by atoms with Crippen LogP contribution in [0, 0.1) is 6.92 Å². The molecule has 0 atom stereocenters. The van der Waals surface area contributed by atoms with Gasteiger partial charge >= 0.3 is 0 Å². The van der Waals surface area contributed by atoms with Crippen molar-refractivity contribution < 1.29 is 14.3 Å². The Hall–Kier alpha value is -3.67. The molecule has 0 aliphatic heterocycles. The maximum absolute atomic E-state index is 12.5. The number of anilines is 2. The number of aromatic nitrogens is 1. The molecule has 1 aromatic heterocycles. The van der Waals surface area contributed by atoms with E-state index in [-0.39, 0.29) is 11.6 Å². The highest BCUT2D eigenvalue weighted by Crippen LogP contribution is 2.17. The van der Waals surface area contributed by atoms with E-state index < -0.39 is 5.91 Å². The zero-order valence-electron chi connectivity index (χ0n) is 15.7. The minimum atomic E-state index is -0.394. The van der Waals surface area contributed by atoms with Crippen LogP contribution in [-0.4, -0.2) is 23.4 Å². The molecule has 0 aliphatic carbocycles. The summed E-state index contributed by atoms with van der Waals surface area (Å²) in [6, 6.07) is 17.6. The van der Waals surface area contributed by atoms with Crippen LogP contribution in [0.4, 0.5) is 11.4 Å². The van der Waals surface area contributed by atoms with Crippen LogP contribution in [0.5, 0.6) is 5.75 Å². The van der Waals surface area contributed by atoms with Gasteiger partial charge in [-0.25, -0.2) is 0 Å². The molecule has 3 rings (SSSR count). The van der Waals surface area contributed by atoms with Gasteiger partial charge in [0.25, 0.3) is 11.8 Å². The molecule has 0 spiro atoms. The lowest BCUT2D eigenvalue weighted by atomic mass is 10.1. The summed E-state index contributed by atoms with van der Waals surface area (Å²) in [5, 5.41) is 5.61. The van der Waals surface area contributed by atoms with Crippen LogP contribution in [0.25, 0.3) is 0 Å². The summed E-state index contributed by atoms with van der Waals surface area (Å²) in [4.78, 5) is 29.1. The molecule has 0 unspecified atom stereocenters. The van der Waals surface area contributed by atoms with Crippen molar-refractivity contribution in [2.75, 3.05) is 17.2 Å². The summed E-state index contributed by atoms with van der Waals surface area (Å²) in [5.41, 5.74) is 2.81. The molecule has 6 nitrogen and oxygen atoms in total. The Bertz CT molecular complexity index is 984. The summed E-state index contributed by atoms with van der Waals surface area (Å²) in [6.45, 7) is 4.40. The summed E-state index contributed by atoms with van der Waals surface area (Å²) >= 11 is 0. The van der Waals surface area contributed by atoms with Crippen LogP contribution in [0.15, 0.2) is 66.9 Å². The number of aryl methyl sites for hydroxylation is 1. The van der Waals surface area contributed by atoms with E-state index in [0.29, 0.717) is 17.9 Å². The highest BCUT2D eigenvalue weighted by molar-refractivity contribution is 6.08. The molecule has 6 heteroatoms. The second-order valence-electron chi connectivity index (χ2n) is 6.11. The standard InChI is InChI=1S/C22H21N3O3/c1-3-28-18-10-8-17(9-11-18)24-22(27)20-14-16(12-13-23-20)21(26)25-19-7-5-4-6-15(19)2/h4-14H,3H2,1-2H3,(H,24,27)(H,25,26). The number of hydrogen-bond donors (Lipinski definition) is 2. The van der Waals surface area contributed by atoms with Crippen LogP contribution < -0.4 is 15.4 Å². The first-order chi connectivity index (χ1) is 13.6. The Kier molecular flexibility index (Phi) is 6.01. The van der Waals surface area contributed by atoms with E-state index in [9.17, 15) is 9.59 Å². The number of nitrogens with zero attached hydrogens (tertiary/aromatic N) is 1. The molecule has 0 aliphatic rings. The third-order valence-corrected chi connectivity index (χ3v) is 4.07. The summed E-state index contributed by atoms with van der Waals surface area (Å²) in [7, 11) is 0. The maximum Gasteiger partial charge on any atom is 0.274 e. The van der Waals surface area contributed by atoms with Gasteiger partial charge < -0.3 is 15.4 Å². The fourth-order valence-electron chi connectivity index (χ4n) is 2.60. The van der Waals surface area contributed by atoms with Gasteiger partial charge in [-0.15, -0.1) is 0 Å². The van der Waals surface area contributed by atoms with E-state index in [1.165, 1.54) is 12.3 Å². The number of ether oxygens (including phenoxy) is 1. The van der Waals surface area contributed by atoms with Crippen molar-refractivity contribution in [2.45, 2.75) is 13.8 Å². The lowest BCUT2D eigenvalue weighted by Gasteiger charge is -2.09. The van der Waals surface area contributed by atoms with Crippen molar-refractivity contribution in [1.29, 1.82) is 0 Å². The SMILES string of the molecule is CCOc1ccc(NC(=O)c2cc(C(=O)Nc3ccccc3C)ccn2)cc1. The Labute approximate surface area is 163 Å². The van der Waals surface area contributed by atoms with Crippen LogP contribution >= 0.6 is 0 Å². The zero-order valence-corrected chi connectivity index (χ0v) is 15.7. The third-order valence-electron chi connectivity index (χ3n) is 4.07. The molecule has 2 aromatic carbocycles. The Morgan fingerprint density at radius 3 is 2.43 bits per heavy atom. The normalized spacial score (nSPS) is 10.2. The summed E-state index contributed by atoms with van der Waals surface area (Å²) in [5.74, 6) is 0.0371. The van der Waals surface area contributed by atoms with Gasteiger partial charge in [0.1, 0.15) is 11.4 Å². The van der Waals surface area contributed by atoms with E-state index in [1.807, 2.05) is 38.1 Å². The number of amides is 2.